The second kappa shape index (κ2) is 9.41. The quantitative estimate of drug-likeness (QED) is 0.689. The number of amides is 1. The van der Waals surface area contributed by atoms with Gasteiger partial charge in [-0.2, -0.15) is 0 Å². The van der Waals surface area contributed by atoms with Crippen molar-refractivity contribution in [3.8, 4) is 5.75 Å². The SMILES string of the molecule is COc1ccc(CNC(=O)CCNS(=O)(=O)c2c(C)c(C)c(C)c(C)c2C)cc1. The lowest BCUT2D eigenvalue weighted by molar-refractivity contribution is -0.121. The molecule has 0 aliphatic heterocycles. The van der Waals surface area contributed by atoms with E-state index in [0.29, 0.717) is 11.4 Å². The van der Waals surface area contributed by atoms with E-state index in [9.17, 15) is 13.2 Å². The fraction of sp³-hybridized carbons (Fsp3) is 0.409. The molecule has 2 N–H and O–H groups in total. The van der Waals surface area contributed by atoms with Gasteiger partial charge < -0.3 is 10.1 Å². The van der Waals surface area contributed by atoms with Gasteiger partial charge in [0, 0.05) is 19.5 Å². The van der Waals surface area contributed by atoms with Crippen molar-refractivity contribution in [3.05, 3.63) is 57.6 Å². The van der Waals surface area contributed by atoms with Crippen LogP contribution in [-0.2, 0) is 21.4 Å². The van der Waals surface area contributed by atoms with Gasteiger partial charge in [0.15, 0.2) is 0 Å². The molecule has 0 aliphatic carbocycles. The monoisotopic (exact) mass is 418 g/mol. The lowest BCUT2D eigenvalue weighted by Crippen LogP contribution is -2.31. The predicted octanol–water partition coefficient (Wildman–Crippen LogP) is 3.22. The highest BCUT2D eigenvalue weighted by atomic mass is 32.2. The highest BCUT2D eigenvalue weighted by molar-refractivity contribution is 7.89. The zero-order valence-electron chi connectivity index (χ0n) is 18.0. The van der Waals surface area contributed by atoms with E-state index in [1.165, 1.54) is 0 Å². The molecule has 2 rings (SSSR count). The van der Waals surface area contributed by atoms with E-state index in [-0.39, 0.29) is 18.9 Å². The maximum atomic E-state index is 12.9. The minimum Gasteiger partial charge on any atom is -0.497 e. The summed E-state index contributed by atoms with van der Waals surface area (Å²) >= 11 is 0. The van der Waals surface area contributed by atoms with Crippen LogP contribution in [0.3, 0.4) is 0 Å². The van der Waals surface area contributed by atoms with Crippen molar-refractivity contribution < 1.29 is 17.9 Å². The summed E-state index contributed by atoms with van der Waals surface area (Å²) in [5, 5.41) is 2.80. The largest absolute Gasteiger partial charge is 0.497 e. The summed E-state index contributed by atoms with van der Waals surface area (Å²) in [5.74, 6) is 0.537. The Morgan fingerprint density at radius 1 is 0.897 bits per heavy atom. The Labute approximate surface area is 173 Å². The van der Waals surface area contributed by atoms with Gasteiger partial charge in [0.2, 0.25) is 15.9 Å². The first kappa shape index (κ1) is 22.9. The number of sulfonamides is 1. The van der Waals surface area contributed by atoms with Crippen molar-refractivity contribution >= 4 is 15.9 Å². The molecule has 0 heterocycles. The number of rotatable bonds is 8. The second-order valence-electron chi connectivity index (χ2n) is 7.23. The highest BCUT2D eigenvalue weighted by Gasteiger charge is 2.23. The van der Waals surface area contributed by atoms with Gasteiger partial charge in [-0.1, -0.05) is 12.1 Å². The number of hydrogen-bond donors (Lipinski definition) is 2. The van der Waals surface area contributed by atoms with E-state index in [4.69, 9.17) is 4.74 Å². The topological polar surface area (TPSA) is 84.5 Å². The number of methoxy groups -OCH3 is 1. The van der Waals surface area contributed by atoms with Gasteiger partial charge >= 0.3 is 0 Å². The Balaban J connectivity index is 1.96. The van der Waals surface area contributed by atoms with E-state index in [1.54, 1.807) is 7.11 Å². The molecule has 1 amide bonds. The van der Waals surface area contributed by atoms with Gasteiger partial charge in [0.25, 0.3) is 0 Å². The summed E-state index contributed by atoms with van der Waals surface area (Å²) in [7, 11) is -2.10. The predicted molar refractivity (Wildman–Crippen MR) is 115 cm³/mol. The molecular formula is C22H30N2O4S. The van der Waals surface area contributed by atoms with Gasteiger partial charge in [-0.05, 0) is 80.1 Å². The summed E-state index contributed by atoms with van der Waals surface area (Å²) in [6.07, 6.45) is 0.0668. The van der Waals surface area contributed by atoms with Crippen LogP contribution in [0.15, 0.2) is 29.2 Å². The van der Waals surface area contributed by atoms with Crippen molar-refractivity contribution in [3.63, 3.8) is 0 Å². The van der Waals surface area contributed by atoms with E-state index in [2.05, 4.69) is 10.0 Å². The number of benzene rings is 2. The zero-order valence-corrected chi connectivity index (χ0v) is 18.8. The third-order valence-electron chi connectivity index (χ3n) is 5.49. The van der Waals surface area contributed by atoms with E-state index < -0.39 is 10.0 Å². The van der Waals surface area contributed by atoms with Crippen LogP contribution in [0.2, 0.25) is 0 Å². The van der Waals surface area contributed by atoms with Crippen molar-refractivity contribution in [1.82, 2.24) is 10.0 Å². The number of hydrogen-bond acceptors (Lipinski definition) is 4. The van der Waals surface area contributed by atoms with Gasteiger partial charge in [-0.15, -0.1) is 0 Å². The Hall–Kier alpha value is -2.38. The van der Waals surface area contributed by atoms with Crippen molar-refractivity contribution in [2.24, 2.45) is 0 Å². The number of carbonyl (C=O) groups excluding carboxylic acids is 1. The first-order chi connectivity index (χ1) is 13.6. The molecule has 0 bridgehead atoms. The molecule has 7 heteroatoms. The van der Waals surface area contributed by atoms with Crippen LogP contribution < -0.4 is 14.8 Å². The molecule has 0 spiro atoms. The molecular weight excluding hydrogens is 388 g/mol. The molecule has 0 fully saturated rings. The molecule has 29 heavy (non-hydrogen) atoms. The normalized spacial score (nSPS) is 11.4. The lowest BCUT2D eigenvalue weighted by atomic mass is 9.95. The summed E-state index contributed by atoms with van der Waals surface area (Å²) < 4.78 is 33.4. The molecule has 0 saturated carbocycles. The van der Waals surface area contributed by atoms with E-state index in [1.807, 2.05) is 58.9 Å². The molecule has 2 aromatic rings. The second-order valence-corrected chi connectivity index (χ2v) is 8.93. The van der Waals surface area contributed by atoms with Crippen LogP contribution in [0.1, 0.15) is 39.8 Å². The molecule has 0 saturated heterocycles. The Kier molecular flexibility index (Phi) is 7.43. The summed E-state index contributed by atoms with van der Waals surface area (Å²) in [4.78, 5) is 12.4. The zero-order chi connectivity index (χ0) is 21.8. The van der Waals surface area contributed by atoms with Crippen LogP contribution in [-0.4, -0.2) is 28.0 Å². The van der Waals surface area contributed by atoms with Crippen molar-refractivity contribution in [2.75, 3.05) is 13.7 Å². The van der Waals surface area contributed by atoms with Crippen LogP contribution in [0, 0.1) is 34.6 Å². The first-order valence-corrected chi connectivity index (χ1v) is 11.0. The van der Waals surface area contributed by atoms with E-state index in [0.717, 1.165) is 39.1 Å². The minimum absolute atomic E-state index is 0.0433. The summed E-state index contributed by atoms with van der Waals surface area (Å²) in [5.41, 5.74) is 5.51. The summed E-state index contributed by atoms with van der Waals surface area (Å²) in [6, 6.07) is 7.39. The molecule has 0 unspecified atom stereocenters. The van der Waals surface area contributed by atoms with Crippen LogP contribution >= 0.6 is 0 Å². The molecule has 6 nitrogen and oxygen atoms in total. The van der Waals surface area contributed by atoms with Gasteiger partial charge in [0.05, 0.1) is 12.0 Å². The molecule has 2 aromatic carbocycles. The van der Waals surface area contributed by atoms with Crippen LogP contribution in [0.25, 0.3) is 0 Å². The molecule has 158 valence electrons. The molecule has 0 radical (unpaired) electrons. The Morgan fingerprint density at radius 3 is 1.93 bits per heavy atom. The van der Waals surface area contributed by atoms with Gasteiger partial charge in [-0.3, -0.25) is 4.79 Å². The average molecular weight is 419 g/mol. The van der Waals surface area contributed by atoms with Crippen molar-refractivity contribution in [2.45, 2.75) is 52.5 Å². The fourth-order valence-electron chi connectivity index (χ4n) is 3.27. The third kappa shape index (κ3) is 5.36. The Bertz CT molecular complexity index is 967. The molecule has 0 atom stereocenters. The Morgan fingerprint density at radius 2 is 1.41 bits per heavy atom. The van der Waals surface area contributed by atoms with Crippen molar-refractivity contribution in [1.29, 1.82) is 0 Å². The maximum absolute atomic E-state index is 12.9. The average Bonchev–Trinajstić information content (AvgIpc) is 2.69. The number of nitrogens with one attached hydrogen (secondary N) is 2. The fourth-order valence-corrected chi connectivity index (χ4v) is 4.90. The number of ether oxygens (including phenoxy) is 1. The van der Waals surface area contributed by atoms with Crippen LogP contribution in [0.5, 0.6) is 5.75 Å². The highest BCUT2D eigenvalue weighted by Crippen LogP contribution is 2.29. The van der Waals surface area contributed by atoms with Gasteiger partial charge in [0.1, 0.15) is 5.75 Å². The number of carbonyl (C=O) groups is 1. The first-order valence-electron chi connectivity index (χ1n) is 9.54. The summed E-state index contributed by atoms with van der Waals surface area (Å²) in [6.45, 7) is 9.94. The third-order valence-corrected chi connectivity index (χ3v) is 7.23. The van der Waals surface area contributed by atoms with E-state index >= 15 is 0 Å². The lowest BCUT2D eigenvalue weighted by Gasteiger charge is -2.19. The van der Waals surface area contributed by atoms with Crippen LogP contribution in [0.4, 0.5) is 0 Å². The molecule has 0 aromatic heterocycles. The molecule has 0 aliphatic rings. The minimum atomic E-state index is -3.70. The maximum Gasteiger partial charge on any atom is 0.241 e. The van der Waals surface area contributed by atoms with Gasteiger partial charge in [-0.25, -0.2) is 13.1 Å². The smallest absolute Gasteiger partial charge is 0.241 e. The standard InChI is InChI=1S/C22H30N2O4S/c1-14-15(2)17(4)22(18(5)16(14)3)29(26,27)24-12-11-21(25)23-13-19-7-9-20(28-6)10-8-19/h7-10,24H,11-13H2,1-6H3,(H,23,25).